The number of likely N-dealkylation sites (tertiary alicyclic amines) is 1. The Morgan fingerprint density at radius 1 is 1.16 bits per heavy atom. The average Bonchev–Trinajstić information content (AvgIpc) is 2.91. The summed E-state index contributed by atoms with van der Waals surface area (Å²) in [5.74, 6) is -2.97. The second-order valence-corrected chi connectivity index (χ2v) is 10.4. The van der Waals surface area contributed by atoms with Crippen molar-refractivity contribution in [1.82, 2.24) is 20.5 Å². The van der Waals surface area contributed by atoms with Gasteiger partial charge in [0.2, 0.25) is 11.8 Å². The summed E-state index contributed by atoms with van der Waals surface area (Å²) in [6.45, 7) is 0.351. The number of nitrogens with zero attached hydrogens (tertiary/aromatic N) is 2. The van der Waals surface area contributed by atoms with E-state index >= 15 is 0 Å². The predicted molar refractivity (Wildman–Crippen MR) is 148 cm³/mol. The molecule has 1 atom stereocenters. The van der Waals surface area contributed by atoms with E-state index in [1.807, 2.05) is 12.3 Å². The topological polar surface area (TPSA) is 129 Å². The maximum absolute atomic E-state index is 12.7. The van der Waals surface area contributed by atoms with Gasteiger partial charge in [-0.3, -0.25) is 14.4 Å². The van der Waals surface area contributed by atoms with Crippen LogP contribution >= 0.6 is 46.6 Å². The van der Waals surface area contributed by atoms with Crippen LogP contribution in [0.3, 0.4) is 0 Å². The highest BCUT2D eigenvalue weighted by Gasteiger charge is 2.30. The molecule has 1 aliphatic rings. The van der Waals surface area contributed by atoms with Crippen LogP contribution in [0.15, 0.2) is 41.4 Å². The van der Waals surface area contributed by atoms with Gasteiger partial charge in [0.25, 0.3) is 5.91 Å². The molecule has 202 valence electrons. The summed E-state index contributed by atoms with van der Waals surface area (Å²) < 4.78 is 0. The van der Waals surface area contributed by atoms with Crippen LogP contribution in [0.2, 0.25) is 15.2 Å². The largest absolute Gasteiger partial charge is 0.480 e. The lowest BCUT2D eigenvalue weighted by molar-refractivity contribution is -0.142. The van der Waals surface area contributed by atoms with Crippen LogP contribution in [-0.2, 0) is 14.4 Å². The maximum atomic E-state index is 12.7. The number of carbonyl (C=O) groups excluding carboxylic acids is 3. The van der Waals surface area contributed by atoms with Crippen molar-refractivity contribution < 1.29 is 24.3 Å². The van der Waals surface area contributed by atoms with E-state index in [4.69, 9.17) is 34.8 Å². The first-order valence-electron chi connectivity index (χ1n) is 11.5. The monoisotopic (exact) mass is 598 g/mol. The van der Waals surface area contributed by atoms with Crippen molar-refractivity contribution in [3.8, 4) is 0 Å². The van der Waals surface area contributed by atoms with Crippen molar-refractivity contribution in [2.75, 3.05) is 25.9 Å². The number of aromatic nitrogens is 1. The number of rotatable bonds is 9. The van der Waals surface area contributed by atoms with Crippen molar-refractivity contribution in [2.24, 2.45) is 5.92 Å². The van der Waals surface area contributed by atoms with Crippen LogP contribution < -0.4 is 10.6 Å². The maximum Gasteiger partial charge on any atom is 0.328 e. The third kappa shape index (κ3) is 7.86. The van der Waals surface area contributed by atoms with Gasteiger partial charge in [0.05, 0.1) is 10.0 Å². The standard InChI is InChI=1S/C25H25Cl3N4O5S/c1-38-18-4-2-14(21(27)22(18)28)3-5-20(33)32-10-7-15(8-11-32)24(35)31-17(25(36)37)13-30-23(34)16-6-9-29-19(26)12-16/h2-6,9,12,15,17H,7-8,10-11,13H2,1H3,(H,30,34)(H,31,35)(H,36,37). The number of carboxylic acids is 1. The number of pyridine rings is 1. The Morgan fingerprint density at radius 2 is 1.87 bits per heavy atom. The molecule has 1 fully saturated rings. The van der Waals surface area contributed by atoms with Gasteiger partial charge in [-0.2, -0.15) is 0 Å². The fraction of sp³-hybridized carbons (Fsp3) is 0.320. The minimum absolute atomic E-state index is 0.124. The second kappa shape index (κ2) is 13.8. The molecule has 9 nitrogen and oxygen atoms in total. The third-order valence-corrected chi connectivity index (χ3v) is 7.94. The first-order valence-corrected chi connectivity index (χ1v) is 13.9. The Bertz CT molecular complexity index is 1250. The molecule has 0 spiro atoms. The molecule has 1 aromatic carbocycles. The number of halogens is 3. The summed E-state index contributed by atoms with van der Waals surface area (Å²) >= 11 is 19.8. The number of hydrogen-bond donors (Lipinski definition) is 3. The van der Waals surface area contributed by atoms with E-state index < -0.39 is 29.7 Å². The Hall–Kier alpha value is -2.79. The summed E-state index contributed by atoms with van der Waals surface area (Å²) in [5, 5.41) is 15.4. The van der Waals surface area contributed by atoms with E-state index in [1.54, 1.807) is 17.0 Å². The summed E-state index contributed by atoms with van der Waals surface area (Å²) in [4.78, 5) is 55.5. The molecule has 0 aliphatic carbocycles. The van der Waals surface area contributed by atoms with E-state index in [2.05, 4.69) is 15.6 Å². The quantitative estimate of drug-likeness (QED) is 0.226. The first-order chi connectivity index (χ1) is 18.1. The van der Waals surface area contributed by atoms with E-state index in [0.29, 0.717) is 41.5 Å². The number of carbonyl (C=O) groups is 4. The molecular weight excluding hydrogens is 575 g/mol. The number of piperidine rings is 1. The molecule has 2 heterocycles. The number of aliphatic carboxylic acids is 1. The lowest BCUT2D eigenvalue weighted by Gasteiger charge is -2.31. The van der Waals surface area contributed by atoms with Gasteiger partial charge in [0.1, 0.15) is 11.2 Å². The summed E-state index contributed by atoms with van der Waals surface area (Å²) in [6.07, 6.45) is 7.00. The lowest BCUT2D eigenvalue weighted by Crippen LogP contribution is -2.51. The molecule has 3 rings (SSSR count). The molecule has 13 heteroatoms. The van der Waals surface area contributed by atoms with Crippen molar-refractivity contribution in [1.29, 1.82) is 0 Å². The Balaban J connectivity index is 1.50. The van der Waals surface area contributed by atoms with E-state index in [-0.39, 0.29) is 23.2 Å². The highest BCUT2D eigenvalue weighted by atomic mass is 35.5. The fourth-order valence-corrected chi connectivity index (χ4v) is 5.14. The number of carboxylic acid groups (broad SMARTS) is 1. The number of thioether (sulfide) groups is 1. The molecular formula is C25H25Cl3N4O5S. The lowest BCUT2D eigenvalue weighted by atomic mass is 9.95. The van der Waals surface area contributed by atoms with Crippen LogP contribution in [-0.4, -0.2) is 70.6 Å². The molecule has 3 N–H and O–H groups in total. The highest BCUT2D eigenvalue weighted by Crippen LogP contribution is 2.35. The van der Waals surface area contributed by atoms with Gasteiger partial charge in [0, 0.05) is 48.3 Å². The van der Waals surface area contributed by atoms with Gasteiger partial charge >= 0.3 is 5.97 Å². The Kier molecular flexibility index (Phi) is 10.8. The Labute approximate surface area is 238 Å². The molecule has 1 aromatic heterocycles. The van der Waals surface area contributed by atoms with Crippen LogP contribution in [0.1, 0.15) is 28.8 Å². The summed E-state index contributed by atoms with van der Waals surface area (Å²) in [6, 6.07) is 5.08. The number of hydrogen-bond acceptors (Lipinski definition) is 6. The van der Waals surface area contributed by atoms with Crippen molar-refractivity contribution in [3.63, 3.8) is 0 Å². The van der Waals surface area contributed by atoms with Crippen LogP contribution in [0.25, 0.3) is 6.08 Å². The molecule has 38 heavy (non-hydrogen) atoms. The number of amides is 3. The normalized spacial score (nSPS) is 14.8. The SMILES string of the molecule is CSc1ccc(C=CC(=O)N2CCC(C(=O)NC(CNC(=O)c3ccnc(Cl)c3)C(=O)O)CC2)c(Cl)c1Cl. The van der Waals surface area contributed by atoms with E-state index in [0.717, 1.165) is 4.90 Å². The van der Waals surface area contributed by atoms with Crippen molar-refractivity contribution in [2.45, 2.75) is 23.8 Å². The molecule has 3 amide bonds. The van der Waals surface area contributed by atoms with Crippen molar-refractivity contribution >= 4 is 76.3 Å². The van der Waals surface area contributed by atoms with Gasteiger partial charge in [0.15, 0.2) is 0 Å². The average molecular weight is 600 g/mol. The zero-order chi connectivity index (χ0) is 27.8. The minimum atomic E-state index is -1.32. The first kappa shape index (κ1) is 29.8. The third-order valence-electron chi connectivity index (χ3n) is 5.95. The van der Waals surface area contributed by atoms with Gasteiger partial charge < -0.3 is 20.6 Å². The summed E-state index contributed by atoms with van der Waals surface area (Å²) in [5.41, 5.74) is 0.838. The van der Waals surface area contributed by atoms with Gasteiger partial charge in [-0.25, -0.2) is 9.78 Å². The molecule has 0 radical (unpaired) electrons. The van der Waals surface area contributed by atoms with E-state index in [1.165, 1.54) is 36.2 Å². The highest BCUT2D eigenvalue weighted by molar-refractivity contribution is 7.98. The zero-order valence-corrected chi connectivity index (χ0v) is 23.3. The van der Waals surface area contributed by atoms with Crippen LogP contribution in [0.5, 0.6) is 0 Å². The molecule has 1 aliphatic heterocycles. The molecule has 1 unspecified atom stereocenters. The van der Waals surface area contributed by atoms with E-state index in [9.17, 15) is 24.3 Å². The fourth-order valence-electron chi connectivity index (χ4n) is 3.79. The summed E-state index contributed by atoms with van der Waals surface area (Å²) in [7, 11) is 0. The second-order valence-electron chi connectivity index (χ2n) is 8.39. The predicted octanol–water partition coefficient (Wildman–Crippen LogP) is 4.01. The minimum Gasteiger partial charge on any atom is -0.480 e. The van der Waals surface area contributed by atoms with Crippen LogP contribution in [0.4, 0.5) is 0 Å². The molecule has 0 bridgehead atoms. The van der Waals surface area contributed by atoms with Gasteiger partial charge in [-0.05, 0) is 48.9 Å². The van der Waals surface area contributed by atoms with Crippen molar-refractivity contribution in [3.05, 3.63) is 62.9 Å². The number of benzene rings is 1. The van der Waals surface area contributed by atoms with Crippen LogP contribution in [0, 0.1) is 5.92 Å². The van der Waals surface area contributed by atoms with Gasteiger partial charge in [-0.1, -0.05) is 40.9 Å². The Morgan fingerprint density at radius 3 is 2.50 bits per heavy atom. The zero-order valence-electron chi connectivity index (χ0n) is 20.2. The number of nitrogens with one attached hydrogen (secondary N) is 2. The molecule has 1 saturated heterocycles. The molecule has 2 aromatic rings. The molecule has 0 saturated carbocycles. The smallest absolute Gasteiger partial charge is 0.328 e. The van der Waals surface area contributed by atoms with Gasteiger partial charge in [-0.15, -0.1) is 11.8 Å².